The van der Waals surface area contributed by atoms with Gasteiger partial charge >= 0.3 is 0 Å². The molecule has 0 spiro atoms. The van der Waals surface area contributed by atoms with Gasteiger partial charge in [-0.25, -0.2) is 0 Å². The summed E-state index contributed by atoms with van der Waals surface area (Å²) in [5.41, 5.74) is 1.98. The summed E-state index contributed by atoms with van der Waals surface area (Å²) in [5, 5.41) is 7.48. The number of hydrogen-bond donors (Lipinski definition) is 2. The van der Waals surface area contributed by atoms with Crippen LogP contribution >= 0.6 is 11.3 Å². The van der Waals surface area contributed by atoms with E-state index in [2.05, 4.69) is 10.6 Å². The van der Waals surface area contributed by atoms with E-state index in [-0.39, 0.29) is 24.4 Å². The van der Waals surface area contributed by atoms with Crippen LogP contribution in [0.15, 0.2) is 78.2 Å². The van der Waals surface area contributed by atoms with Crippen molar-refractivity contribution in [2.45, 2.75) is 6.04 Å². The minimum absolute atomic E-state index is 0.0626. The molecule has 0 aliphatic heterocycles. The molecule has 0 aliphatic carbocycles. The Balaban J connectivity index is 1.68. The minimum atomic E-state index is -0.256. The van der Waals surface area contributed by atoms with Gasteiger partial charge in [-0.05, 0) is 22.6 Å². The molecule has 3 aromatic rings. The number of hydrogen-bond acceptors (Lipinski definition) is 3. The number of rotatable bonds is 6. The molecule has 1 heterocycles. The highest BCUT2D eigenvalue weighted by atomic mass is 32.1. The number of thiophene rings is 1. The minimum Gasteiger partial charge on any atom is -0.344 e. The van der Waals surface area contributed by atoms with Crippen molar-refractivity contribution in [3.63, 3.8) is 0 Å². The molecule has 25 heavy (non-hydrogen) atoms. The average molecular weight is 350 g/mol. The molecular weight excluding hydrogens is 332 g/mol. The average Bonchev–Trinajstić information content (AvgIpc) is 3.20. The van der Waals surface area contributed by atoms with Crippen molar-refractivity contribution in [3.05, 3.63) is 94.2 Å². The molecule has 0 atom stereocenters. The van der Waals surface area contributed by atoms with Gasteiger partial charge in [0, 0.05) is 0 Å². The summed E-state index contributed by atoms with van der Waals surface area (Å²) in [6.07, 6.45) is 0. The van der Waals surface area contributed by atoms with E-state index in [9.17, 15) is 9.59 Å². The topological polar surface area (TPSA) is 58.2 Å². The second-order valence-corrected chi connectivity index (χ2v) is 6.43. The first-order valence-corrected chi connectivity index (χ1v) is 8.83. The number of carbonyl (C=O) groups excluding carboxylic acids is 2. The Kier molecular flexibility index (Phi) is 5.59. The van der Waals surface area contributed by atoms with E-state index < -0.39 is 0 Å². The number of carbonyl (C=O) groups is 2. The van der Waals surface area contributed by atoms with Gasteiger partial charge in [0.25, 0.3) is 5.91 Å². The predicted molar refractivity (Wildman–Crippen MR) is 99.5 cm³/mol. The maximum Gasteiger partial charge on any atom is 0.261 e. The summed E-state index contributed by atoms with van der Waals surface area (Å²) < 4.78 is 0. The van der Waals surface area contributed by atoms with Gasteiger partial charge in [-0.1, -0.05) is 66.7 Å². The fourth-order valence-electron chi connectivity index (χ4n) is 2.52. The predicted octanol–water partition coefficient (Wildman–Crippen LogP) is 3.38. The van der Waals surface area contributed by atoms with Gasteiger partial charge in [0.2, 0.25) is 5.91 Å². The first kappa shape index (κ1) is 16.9. The van der Waals surface area contributed by atoms with Crippen LogP contribution in [0, 0.1) is 0 Å². The largest absolute Gasteiger partial charge is 0.344 e. The Morgan fingerprint density at radius 2 is 1.44 bits per heavy atom. The van der Waals surface area contributed by atoms with Crippen LogP contribution < -0.4 is 10.6 Å². The molecule has 2 N–H and O–H groups in total. The van der Waals surface area contributed by atoms with E-state index in [1.54, 1.807) is 12.1 Å². The van der Waals surface area contributed by atoms with Gasteiger partial charge in [0.05, 0.1) is 17.5 Å². The molecule has 0 bridgehead atoms. The fourth-order valence-corrected chi connectivity index (χ4v) is 3.16. The lowest BCUT2D eigenvalue weighted by Gasteiger charge is -2.20. The van der Waals surface area contributed by atoms with Gasteiger partial charge in [0.15, 0.2) is 0 Å². The molecule has 0 fully saturated rings. The van der Waals surface area contributed by atoms with Gasteiger partial charge in [-0.2, -0.15) is 0 Å². The lowest BCUT2D eigenvalue weighted by molar-refractivity contribution is -0.120. The summed E-state index contributed by atoms with van der Waals surface area (Å²) in [7, 11) is 0. The zero-order chi connectivity index (χ0) is 17.5. The van der Waals surface area contributed by atoms with E-state index in [1.807, 2.05) is 66.0 Å². The first-order valence-electron chi connectivity index (χ1n) is 7.95. The third kappa shape index (κ3) is 4.55. The van der Waals surface area contributed by atoms with Crippen molar-refractivity contribution in [1.82, 2.24) is 10.6 Å². The lowest BCUT2D eigenvalue weighted by atomic mass is 9.99. The van der Waals surface area contributed by atoms with Crippen molar-refractivity contribution in [3.8, 4) is 0 Å². The fraction of sp³-hybridized carbons (Fsp3) is 0.100. The number of nitrogens with one attached hydrogen (secondary N) is 2. The van der Waals surface area contributed by atoms with Gasteiger partial charge in [0.1, 0.15) is 0 Å². The van der Waals surface area contributed by atoms with Crippen LogP contribution in [-0.4, -0.2) is 18.4 Å². The summed E-state index contributed by atoms with van der Waals surface area (Å²) >= 11 is 1.35. The van der Waals surface area contributed by atoms with Crippen molar-refractivity contribution in [2.24, 2.45) is 0 Å². The second kappa shape index (κ2) is 8.26. The molecule has 3 rings (SSSR count). The Morgan fingerprint density at radius 1 is 0.840 bits per heavy atom. The standard InChI is InChI=1S/C20H18N2O2S/c23-18(14-21-20(24)17-12-7-13-25-17)22-19(15-8-3-1-4-9-15)16-10-5-2-6-11-16/h1-13,19H,14H2,(H,21,24)(H,22,23). The Bertz CT molecular complexity index is 778. The van der Waals surface area contributed by atoms with E-state index in [1.165, 1.54) is 11.3 Å². The highest BCUT2D eigenvalue weighted by molar-refractivity contribution is 7.12. The SMILES string of the molecule is O=C(CNC(=O)c1cccs1)NC(c1ccccc1)c1ccccc1. The lowest BCUT2D eigenvalue weighted by Crippen LogP contribution is -2.38. The third-order valence-electron chi connectivity index (χ3n) is 3.73. The summed E-state index contributed by atoms with van der Waals surface area (Å²) in [4.78, 5) is 24.9. The molecule has 0 saturated carbocycles. The number of benzene rings is 2. The van der Waals surface area contributed by atoms with Crippen LogP contribution in [0.5, 0.6) is 0 Å². The van der Waals surface area contributed by atoms with Gasteiger partial charge in [-0.15, -0.1) is 11.3 Å². The van der Waals surface area contributed by atoms with Crippen LogP contribution in [-0.2, 0) is 4.79 Å². The molecule has 0 radical (unpaired) electrons. The van der Waals surface area contributed by atoms with Crippen molar-refractivity contribution < 1.29 is 9.59 Å². The van der Waals surface area contributed by atoms with E-state index in [0.29, 0.717) is 4.88 Å². The molecule has 2 amide bonds. The Hall–Kier alpha value is -2.92. The molecule has 0 saturated heterocycles. The summed E-state index contributed by atoms with van der Waals surface area (Å²) in [6, 6.07) is 22.8. The molecule has 126 valence electrons. The molecule has 1 aromatic heterocycles. The smallest absolute Gasteiger partial charge is 0.261 e. The molecule has 0 aliphatic rings. The zero-order valence-electron chi connectivity index (χ0n) is 13.5. The highest BCUT2D eigenvalue weighted by Gasteiger charge is 2.17. The number of amides is 2. The normalized spacial score (nSPS) is 10.4. The van der Waals surface area contributed by atoms with E-state index >= 15 is 0 Å². The monoisotopic (exact) mass is 350 g/mol. The van der Waals surface area contributed by atoms with Crippen LogP contribution in [0.4, 0.5) is 0 Å². The van der Waals surface area contributed by atoms with Crippen molar-refractivity contribution in [2.75, 3.05) is 6.54 Å². The first-order chi connectivity index (χ1) is 12.2. The van der Waals surface area contributed by atoms with Crippen LogP contribution in [0.2, 0.25) is 0 Å². The van der Waals surface area contributed by atoms with E-state index in [4.69, 9.17) is 0 Å². The molecule has 0 unspecified atom stereocenters. The second-order valence-electron chi connectivity index (χ2n) is 5.48. The maximum absolute atomic E-state index is 12.4. The molecular formula is C20H18N2O2S. The third-order valence-corrected chi connectivity index (χ3v) is 4.59. The molecule has 5 heteroatoms. The molecule has 2 aromatic carbocycles. The highest BCUT2D eigenvalue weighted by Crippen LogP contribution is 2.21. The molecule has 4 nitrogen and oxygen atoms in total. The van der Waals surface area contributed by atoms with Gasteiger partial charge in [-0.3, -0.25) is 9.59 Å². The maximum atomic E-state index is 12.4. The van der Waals surface area contributed by atoms with Crippen LogP contribution in [0.25, 0.3) is 0 Å². The zero-order valence-corrected chi connectivity index (χ0v) is 14.3. The summed E-state index contributed by atoms with van der Waals surface area (Å²) in [5.74, 6) is -0.469. The van der Waals surface area contributed by atoms with Crippen LogP contribution in [0.3, 0.4) is 0 Å². The summed E-state index contributed by atoms with van der Waals surface area (Å²) in [6.45, 7) is -0.0626. The van der Waals surface area contributed by atoms with Crippen LogP contribution in [0.1, 0.15) is 26.8 Å². The van der Waals surface area contributed by atoms with Crippen molar-refractivity contribution in [1.29, 1.82) is 0 Å². The Labute approximate surface area is 150 Å². The Morgan fingerprint density at radius 3 is 1.96 bits per heavy atom. The quantitative estimate of drug-likeness (QED) is 0.716. The van der Waals surface area contributed by atoms with Gasteiger partial charge < -0.3 is 10.6 Å². The van der Waals surface area contributed by atoms with Crippen molar-refractivity contribution >= 4 is 23.2 Å². The van der Waals surface area contributed by atoms with E-state index in [0.717, 1.165) is 11.1 Å².